The van der Waals surface area contributed by atoms with Gasteiger partial charge in [-0.05, 0) is 22.9 Å². The van der Waals surface area contributed by atoms with Crippen LogP contribution >= 0.6 is 11.6 Å². The number of nitrogens with zero attached hydrogens (tertiary/aromatic N) is 1. The number of amides is 2. The maximum Gasteiger partial charge on any atom is 0.259 e. The molecule has 3 aromatic carbocycles. The van der Waals surface area contributed by atoms with Crippen molar-refractivity contribution < 1.29 is 9.59 Å². The van der Waals surface area contributed by atoms with Crippen molar-refractivity contribution in [3.05, 3.63) is 82.9 Å². The summed E-state index contributed by atoms with van der Waals surface area (Å²) < 4.78 is 0. The molecule has 6 heteroatoms. The van der Waals surface area contributed by atoms with Crippen LogP contribution in [0.3, 0.4) is 0 Å². The van der Waals surface area contributed by atoms with Gasteiger partial charge in [0.05, 0.1) is 12.8 Å². The first kappa shape index (κ1) is 17.6. The van der Waals surface area contributed by atoms with Crippen LogP contribution in [0.25, 0.3) is 10.8 Å². The Morgan fingerprint density at radius 2 is 1.69 bits per heavy atom. The van der Waals surface area contributed by atoms with E-state index in [0.29, 0.717) is 16.1 Å². The van der Waals surface area contributed by atoms with Crippen LogP contribution in [0, 0.1) is 0 Å². The van der Waals surface area contributed by atoms with Crippen LogP contribution in [0.5, 0.6) is 0 Å². The van der Waals surface area contributed by atoms with Crippen LogP contribution in [0.15, 0.2) is 71.8 Å². The topological polar surface area (TPSA) is 70.6 Å². The lowest BCUT2D eigenvalue weighted by molar-refractivity contribution is -0.120. The van der Waals surface area contributed by atoms with Gasteiger partial charge in [0.15, 0.2) is 0 Å². The van der Waals surface area contributed by atoms with E-state index in [-0.39, 0.29) is 12.5 Å². The highest BCUT2D eigenvalue weighted by Gasteiger charge is 2.10. The Bertz CT molecular complexity index is 980. The maximum atomic E-state index is 12.4. The predicted molar refractivity (Wildman–Crippen MR) is 103 cm³/mol. The molecule has 0 aliphatic rings. The van der Waals surface area contributed by atoms with E-state index in [4.69, 9.17) is 11.6 Å². The van der Waals surface area contributed by atoms with E-state index in [9.17, 15) is 9.59 Å². The minimum absolute atomic E-state index is 0.179. The molecule has 0 saturated carbocycles. The fourth-order valence-corrected chi connectivity index (χ4v) is 2.66. The molecule has 0 radical (unpaired) electrons. The first-order chi connectivity index (χ1) is 12.6. The summed E-state index contributed by atoms with van der Waals surface area (Å²) >= 11 is 6.00. The summed E-state index contributed by atoms with van der Waals surface area (Å²) in [7, 11) is 0. The summed E-state index contributed by atoms with van der Waals surface area (Å²) in [4.78, 5) is 24.2. The lowest BCUT2D eigenvalue weighted by Crippen LogP contribution is -2.35. The summed E-state index contributed by atoms with van der Waals surface area (Å²) in [6, 6.07) is 20.2. The average molecular weight is 366 g/mol. The average Bonchev–Trinajstić information content (AvgIpc) is 2.67. The van der Waals surface area contributed by atoms with E-state index in [1.165, 1.54) is 6.21 Å². The van der Waals surface area contributed by atoms with Crippen molar-refractivity contribution >= 4 is 40.4 Å². The van der Waals surface area contributed by atoms with E-state index in [0.717, 1.165) is 10.8 Å². The highest BCUT2D eigenvalue weighted by Crippen LogP contribution is 2.18. The third-order valence-electron chi connectivity index (χ3n) is 3.74. The van der Waals surface area contributed by atoms with Crippen LogP contribution in [0.4, 0.5) is 0 Å². The molecule has 0 unspecified atom stereocenters. The summed E-state index contributed by atoms with van der Waals surface area (Å²) in [5.41, 5.74) is 3.57. The number of hydrogen-bond acceptors (Lipinski definition) is 3. The van der Waals surface area contributed by atoms with Gasteiger partial charge in [-0.2, -0.15) is 5.10 Å². The lowest BCUT2D eigenvalue weighted by Gasteiger charge is -2.07. The van der Waals surface area contributed by atoms with Crippen molar-refractivity contribution in [2.45, 2.75) is 0 Å². The second-order valence-corrected chi connectivity index (χ2v) is 5.93. The van der Waals surface area contributed by atoms with E-state index in [2.05, 4.69) is 15.8 Å². The molecule has 3 rings (SSSR count). The molecule has 2 N–H and O–H groups in total. The Kier molecular flexibility index (Phi) is 5.61. The SMILES string of the molecule is O=C(CNC(=O)c1cccc2ccccc12)NN=Cc1ccccc1Cl. The number of carbonyl (C=O) groups is 2. The quantitative estimate of drug-likeness (QED) is 0.537. The van der Waals surface area contributed by atoms with Gasteiger partial charge < -0.3 is 5.32 Å². The largest absolute Gasteiger partial charge is 0.343 e. The molecule has 0 saturated heterocycles. The number of hydrazone groups is 1. The van der Waals surface area contributed by atoms with Crippen molar-refractivity contribution in [3.8, 4) is 0 Å². The van der Waals surface area contributed by atoms with Gasteiger partial charge in [-0.3, -0.25) is 9.59 Å². The summed E-state index contributed by atoms with van der Waals surface area (Å²) in [5, 5.41) is 8.78. The minimum atomic E-state index is -0.429. The standard InChI is InChI=1S/C20H16ClN3O2/c21-18-11-4-2-7-15(18)12-23-24-19(25)13-22-20(26)17-10-5-8-14-6-1-3-9-16(14)17/h1-12H,13H2,(H,22,26)(H,24,25). The second kappa shape index (κ2) is 8.27. The molecular formula is C20H16ClN3O2. The first-order valence-electron chi connectivity index (χ1n) is 7.97. The van der Waals surface area contributed by atoms with E-state index >= 15 is 0 Å². The monoisotopic (exact) mass is 365 g/mol. The van der Waals surface area contributed by atoms with Crippen molar-refractivity contribution in [1.29, 1.82) is 0 Å². The van der Waals surface area contributed by atoms with Gasteiger partial charge in [0, 0.05) is 16.1 Å². The Morgan fingerprint density at radius 1 is 0.962 bits per heavy atom. The van der Waals surface area contributed by atoms with Gasteiger partial charge in [0.1, 0.15) is 0 Å². The normalized spacial score (nSPS) is 10.8. The molecule has 0 heterocycles. The van der Waals surface area contributed by atoms with Crippen molar-refractivity contribution in [2.24, 2.45) is 5.10 Å². The van der Waals surface area contributed by atoms with Gasteiger partial charge >= 0.3 is 0 Å². The highest BCUT2D eigenvalue weighted by molar-refractivity contribution is 6.33. The number of rotatable bonds is 5. The van der Waals surface area contributed by atoms with Crippen LogP contribution in [0.1, 0.15) is 15.9 Å². The molecule has 0 atom stereocenters. The van der Waals surface area contributed by atoms with Crippen LogP contribution in [0.2, 0.25) is 5.02 Å². The molecule has 26 heavy (non-hydrogen) atoms. The van der Waals surface area contributed by atoms with Crippen LogP contribution < -0.4 is 10.7 Å². The maximum absolute atomic E-state index is 12.4. The smallest absolute Gasteiger partial charge is 0.259 e. The molecule has 0 aliphatic heterocycles. The van der Waals surface area contributed by atoms with Gasteiger partial charge in [0.25, 0.3) is 11.8 Å². The molecule has 0 fully saturated rings. The van der Waals surface area contributed by atoms with Crippen molar-refractivity contribution in [3.63, 3.8) is 0 Å². The third-order valence-corrected chi connectivity index (χ3v) is 4.09. The van der Waals surface area contributed by atoms with Crippen molar-refractivity contribution in [1.82, 2.24) is 10.7 Å². The molecular weight excluding hydrogens is 350 g/mol. The minimum Gasteiger partial charge on any atom is -0.343 e. The Hall–Kier alpha value is -3.18. The number of hydrogen-bond donors (Lipinski definition) is 2. The van der Waals surface area contributed by atoms with Crippen molar-refractivity contribution in [2.75, 3.05) is 6.54 Å². The van der Waals surface area contributed by atoms with E-state index < -0.39 is 5.91 Å². The predicted octanol–water partition coefficient (Wildman–Crippen LogP) is 3.37. The lowest BCUT2D eigenvalue weighted by atomic mass is 10.0. The van der Waals surface area contributed by atoms with Crippen LogP contribution in [-0.2, 0) is 4.79 Å². The Labute approximate surface area is 155 Å². The zero-order valence-electron chi connectivity index (χ0n) is 13.8. The number of halogens is 1. The van der Waals surface area contributed by atoms with Gasteiger partial charge in [-0.1, -0.05) is 66.2 Å². The Balaban J connectivity index is 1.57. The summed E-state index contributed by atoms with van der Waals surface area (Å²) in [6.07, 6.45) is 1.45. The van der Waals surface area contributed by atoms with Gasteiger partial charge in [0.2, 0.25) is 0 Å². The Morgan fingerprint density at radius 3 is 2.54 bits per heavy atom. The molecule has 0 spiro atoms. The number of benzene rings is 3. The molecule has 2 amide bonds. The molecule has 130 valence electrons. The zero-order chi connectivity index (χ0) is 18.4. The molecule has 0 aromatic heterocycles. The fraction of sp³-hybridized carbons (Fsp3) is 0.0500. The highest BCUT2D eigenvalue weighted by atomic mass is 35.5. The number of fused-ring (bicyclic) bond motifs is 1. The molecule has 0 bridgehead atoms. The third kappa shape index (κ3) is 4.26. The molecule has 3 aromatic rings. The van der Waals surface area contributed by atoms with Gasteiger partial charge in [-0.25, -0.2) is 5.43 Å². The molecule has 0 aliphatic carbocycles. The summed E-state index contributed by atoms with van der Waals surface area (Å²) in [6.45, 7) is -0.179. The first-order valence-corrected chi connectivity index (χ1v) is 8.35. The number of carbonyl (C=O) groups excluding carboxylic acids is 2. The van der Waals surface area contributed by atoms with E-state index in [1.54, 1.807) is 24.3 Å². The molecule has 5 nitrogen and oxygen atoms in total. The van der Waals surface area contributed by atoms with E-state index in [1.807, 2.05) is 42.5 Å². The number of nitrogens with one attached hydrogen (secondary N) is 2. The fourth-order valence-electron chi connectivity index (χ4n) is 2.47. The van der Waals surface area contributed by atoms with Crippen LogP contribution in [-0.4, -0.2) is 24.6 Å². The summed E-state index contributed by atoms with van der Waals surface area (Å²) in [5.74, 6) is -0.742. The second-order valence-electron chi connectivity index (χ2n) is 5.52. The van der Waals surface area contributed by atoms with Gasteiger partial charge in [-0.15, -0.1) is 0 Å². The zero-order valence-corrected chi connectivity index (χ0v) is 14.5.